The molecule has 1 aliphatic rings. The van der Waals surface area contributed by atoms with E-state index in [4.69, 9.17) is 4.74 Å². The predicted octanol–water partition coefficient (Wildman–Crippen LogP) is 1.53. The monoisotopic (exact) mass is 386 g/mol. The molecule has 1 atom stereocenters. The Labute approximate surface area is 161 Å². The fraction of sp³-hybridized carbons (Fsp3) is 0.350. The highest BCUT2D eigenvalue weighted by Crippen LogP contribution is 2.29. The lowest BCUT2D eigenvalue weighted by atomic mass is 10.0. The summed E-state index contributed by atoms with van der Waals surface area (Å²) in [4.78, 5) is 37.9. The molecule has 8 heteroatoms. The molecule has 1 aromatic heterocycles. The Balaban J connectivity index is 2.01. The van der Waals surface area contributed by atoms with Gasteiger partial charge in [0.1, 0.15) is 5.56 Å². The lowest BCUT2D eigenvalue weighted by Crippen LogP contribution is -2.46. The highest BCUT2D eigenvalue weighted by molar-refractivity contribution is 5.97. The van der Waals surface area contributed by atoms with Gasteiger partial charge in [-0.3, -0.25) is 9.59 Å². The smallest absolute Gasteiger partial charge is 0.341 e. The SMILES string of the molecule is COCCN1C[C@H](CCc2ccccc2)n2cc(C(=O)O)c(=O)c(O)c2C1=O. The van der Waals surface area contributed by atoms with Crippen molar-refractivity contribution in [2.24, 2.45) is 0 Å². The van der Waals surface area contributed by atoms with Crippen molar-refractivity contribution in [3.05, 3.63) is 63.6 Å². The molecular formula is C20H22N2O6. The number of carbonyl (C=O) groups is 2. The molecule has 148 valence electrons. The van der Waals surface area contributed by atoms with Crippen LogP contribution in [0.15, 0.2) is 41.3 Å². The summed E-state index contributed by atoms with van der Waals surface area (Å²) in [5.41, 5.74) is -0.671. The van der Waals surface area contributed by atoms with Crippen LogP contribution in [0.2, 0.25) is 0 Å². The van der Waals surface area contributed by atoms with Gasteiger partial charge in [0.25, 0.3) is 5.91 Å². The minimum absolute atomic E-state index is 0.171. The quantitative estimate of drug-likeness (QED) is 0.747. The van der Waals surface area contributed by atoms with Crippen molar-refractivity contribution in [2.75, 3.05) is 26.8 Å². The second-order valence-corrected chi connectivity index (χ2v) is 6.70. The Bertz CT molecular complexity index is 938. The Kier molecular flexibility index (Phi) is 5.79. The maximum atomic E-state index is 12.8. The van der Waals surface area contributed by atoms with Gasteiger partial charge in [0.05, 0.1) is 12.6 Å². The number of carboxylic acids is 1. The van der Waals surface area contributed by atoms with E-state index in [1.54, 1.807) is 0 Å². The van der Waals surface area contributed by atoms with Crippen LogP contribution in [0.1, 0.15) is 38.9 Å². The number of amides is 1. The highest BCUT2D eigenvalue weighted by Gasteiger charge is 2.35. The maximum Gasteiger partial charge on any atom is 0.341 e. The number of carboxylic acid groups (broad SMARTS) is 1. The third kappa shape index (κ3) is 3.77. The zero-order valence-corrected chi connectivity index (χ0v) is 15.5. The molecule has 1 aliphatic heterocycles. The van der Waals surface area contributed by atoms with Crippen LogP contribution < -0.4 is 5.43 Å². The second-order valence-electron chi connectivity index (χ2n) is 6.70. The molecule has 0 aliphatic carbocycles. The van der Waals surface area contributed by atoms with E-state index in [1.165, 1.54) is 22.8 Å². The average molecular weight is 386 g/mol. The number of methoxy groups -OCH3 is 1. The molecule has 1 amide bonds. The van der Waals surface area contributed by atoms with Crippen LogP contribution in [0.4, 0.5) is 0 Å². The number of nitrogens with zero attached hydrogens (tertiary/aromatic N) is 2. The van der Waals surface area contributed by atoms with Crippen molar-refractivity contribution in [2.45, 2.75) is 18.9 Å². The van der Waals surface area contributed by atoms with Crippen LogP contribution >= 0.6 is 0 Å². The zero-order valence-electron chi connectivity index (χ0n) is 15.5. The summed E-state index contributed by atoms with van der Waals surface area (Å²) >= 11 is 0. The first-order valence-corrected chi connectivity index (χ1v) is 8.97. The van der Waals surface area contributed by atoms with Gasteiger partial charge < -0.3 is 24.4 Å². The Hall–Kier alpha value is -3.13. The largest absolute Gasteiger partial charge is 0.503 e. The number of pyridine rings is 1. The first-order chi connectivity index (χ1) is 13.4. The lowest BCUT2D eigenvalue weighted by Gasteiger charge is -2.36. The molecule has 2 heterocycles. The van der Waals surface area contributed by atoms with Gasteiger partial charge in [-0.2, -0.15) is 0 Å². The molecule has 0 saturated carbocycles. The Morgan fingerprint density at radius 2 is 1.96 bits per heavy atom. The van der Waals surface area contributed by atoms with E-state index in [1.807, 2.05) is 30.3 Å². The van der Waals surface area contributed by atoms with Crippen LogP contribution in [0.3, 0.4) is 0 Å². The number of aromatic nitrogens is 1. The number of hydrogen-bond acceptors (Lipinski definition) is 5. The number of carbonyl (C=O) groups excluding carboxylic acids is 1. The second kappa shape index (κ2) is 8.26. The van der Waals surface area contributed by atoms with E-state index in [0.717, 1.165) is 5.56 Å². The summed E-state index contributed by atoms with van der Waals surface area (Å²) in [6, 6.07) is 9.49. The molecule has 0 unspecified atom stereocenters. The molecule has 28 heavy (non-hydrogen) atoms. The fourth-order valence-corrected chi connectivity index (χ4v) is 3.45. The fourth-order valence-electron chi connectivity index (χ4n) is 3.45. The van der Waals surface area contributed by atoms with Crippen molar-refractivity contribution < 1.29 is 24.5 Å². The molecule has 0 spiro atoms. The molecule has 0 bridgehead atoms. The zero-order chi connectivity index (χ0) is 20.3. The van der Waals surface area contributed by atoms with Gasteiger partial charge in [-0.1, -0.05) is 30.3 Å². The normalized spacial score (nSPS) is 16.1. The van der Waals surface area contributed by atoms with E-state index in [2.05, 4.69) is 0 Å². The minimum Gasteiger partial charge on any atom is -0.503 e. The average Bonchev–Trinajstić information content (AvgIpc) is 2.69. The molecule has 0 fully saturated rings. The molecular weight excluding hydrogens is 364 g/mol. The van der Waals surface area contributed by atoms with Crippen LogP contribution in [0.5, 0.6) is 5.75 Å². The number of benzene rings is 1. The van der Waals surface area contributed by atoms with Crippen molar-refractivity contribution >= 4 is 11.9 Å². The molecule has 3 rings (SSSR count). The highest BCUT2D eigenvalue weighted by atomic mass is 16.5. The molecule has 2 N–H and O–H groups in total. The van der Waals surface area contributed by atoms with Gasteiger partial charge in [0, 0.05) is 26.4 Å². The van der Waals surface area contributed by atoms with E-state index in [0.29, 0.717) is 32.5 Å². The standard InChI is InChI=1S/C20H22N2O6/c1-28-10-9-21-11-14(8-7-13-5-3-2-4-6-13)22-12-15(20(26)27)17(23)18(24)16(22)19(21)25/h2-6,12,14,24H,7-11H2,1H3,(H,26,27)/t14-/m0/s1. The first kappa shape index (κ1) is 19.6. The van der Waals surface area contributed by atoms with Gasteiger partial charge in [-0.25, -0.2) is 4.79 Å². The Morgan fingerprint density at radius 1 is 1.25 bits per heavy atom. The number of hydrogen-bond donors (Lipinski definition) is 2. The number of aromatic carboxylic acids is 1. The maximum absolute atomic E-state index is 12.8. The Morgan fingerprint density at radius 3 is 2.61 bits per heavy atom. The van der Waals surface area contributed by atoms with E-state index < -0.39 is 28.6 Å². The lowest BCUT2D eigenvalue weighted by molar-refractivity contribution is 0.0581. The molecule has 1 aromatic carbocycles. The third-order valence-electron chi connectivity index (χ3n) is 4.93. The third-order valence-corrected chi connectivity index (χ3v) is 4.93. The van der Waals surface area contributed by atoms with Gasteiger partial charge in [-0.15, -0.1) is 0 Å². The van der Waals surface area contributed by atoms with Crippen molar-refractivity contribution in [1.82, 2.24) is 9.47 Å². The topological polar surface area (TPSA) is 109 Å². The molecule has 0 saturated heterocycles. The van der Waals surface area contributed by atoms with Gasteiger partial charge in [0.15, 0.2) is 11.4 Å². The summed E-state index contributed by atoms with van der Waals surface area (Å²) in [7, 11) is 1.52. The summed E-state index contributed by atoms with van der Waals surface area (Å²) < 4.78 is 6.49. The molecule has 8 nitrogen and oxygen atoms in total. The van der Waals surface area contributed by atoms with Crippen LogP contribution in [0, 0.1) is 0 Å². The van der Waals surface area contributed by atoms with E-state index in [9.17, 15) is 24.6 Å². The number of aryl methyl sites for hydroxylation is 1. The van der Waals surface area contributed by atoms with Crippen molar-refractivity contribution in [3.8, 4) is 5.75 Å². The van der Waals surface area contributed by atoms with Crippen LogP contribution in [-0.4, -0.2) is 58.4 Å². The molecule has 0 radical (unpaired) electrons. The minimum atomic E-state index is -1.44. The first-order valence-electron chi connectivity index (χ1n) is 8.97. The van der Waals surface area contributed by atoms with E-state index in [-0.39, 0.29) is 11.7 Å². The number of fused-ring (bicyclic) bond motifs is 1. The summed E-state index contributed by atoms with van der Waals surface area (Å²) in [5, 5.41) is 19.6. The number of ether oxygens (including phenoxy) is 1. The molecule has 2 aromatic rings. The number of aromatic hydroxyl groups is 1. The number of rotatable bonds is 7. The van der Waals surface area contributed by atoms with Crippen LogP contribution in [0.25, 0.3) is 0 Å². The van der Waals surface area contributed by atoms with Crippen molar-refractivity contribution in [1.29, 1.82) is 0 Å². The summed E-state index contributed by atoms with van der Waals surface area (Å²) in [6.45, 7) is 0.963. The summed E-state index contributed by atoms with van der Waals surface area (Å²) in [5.74, 6) is -2.78. The van der Waals surface area contributed by atoms with Gasteiger partial charge in [-0.05, 0) is 18.4 Å². The van der Waals surface area contributed by atoms with E-state index >= 15 is 0 Å². The van der Waals surface area contributed by atoms with Crippen molar-refractivity contribution in [3.63, 3.8) is 0 Å². The van der Waals surface area contributed by atoms with Gasteiger partial charge in [0.2, 0.25) is 5.43 Å². The van der Waals surface area contributed by atoms with Crippen LogP contribution in [-0.2, 0) is 11.2 Å². The van der Waals surface area contributed by atoms with Gasteiger partial charge >= 0.3 is 5.97 Å². The summed E-state index contributed by atoms with van der Waals surface area (Å²) in [6.07, 6.45) is 2.47. The predicted molar refractivity (Wildman–Crippen MR) is 101 cm³/mol.